The van der Waals surface area contributed by atoms with Gasteiger partial charge in [-0.15, -0.1) is 0 Å². The summed E-state index contributed by atoms with van der Waals surface area (Å²) in [6.07, 6.45) is 0. The van der Waals surface area contributed by atoms with E-state index in [1.807, 2.05) is 24.3 Å². The Morgan fingerprint density at radius 3 is 2.55 bits per heavy atom. The zero-order chi connectivity index (χ0) is 21.0. The van der Waals surface area contributed by atoms with Crippen LogP contribution in [-0.4, -0.2) is 15.9 Å². The number of nitrogens with one attached hydrogen (secondary N) is 1. The number of hydrogen-bond acceptors (Lipinski definition) is 6. The number of carbonyl (C=O) groups is 1. The second-order valence-electron chi connectivity index (χ2n) is 6.69. The molecule has 0 aliphatic carbocycles. The maximum Gasteiger partial charge on any atom is 0.291 e. The SMILES string of the molecule is CC(C)c1ccc(OCc2ccc(C(=O)Nc3cc([N+](=O)[O-])ccc3O)o2)cc1. The van der Waals surface area contributed by atoms with Crippen LogP contribution in [0.4, 0.5) is 11.4 Å². The summed E-state index contributed by atoms with van der Waals surface area (Å²) in [5.41, 5.74) is 0.873. The summed E-state index contributed by atoms with van der Waals surface area (Å²) in [7, 11) is 0. The summed E-state index contributed by atoms with van der Waals surface area (Å²) in [5.74, 6) is 0.604. The van der Waals surface area contributed by atoms with Crippen LogP contribution >= 0.6 is 0 Å². The van der Waals surface area contributed by atoms with Crippen molar-refractivity contribution < 1.29 is 24.0 Å². The molecule has 0 aliphatic heterocycles. The third kappa shape index (κ3) is 4.92. The van der Waals surface area contributed by atoms with Crippen LogP contribution in [0.5, 0.6) is 11.5 Å². The molecule has 0 radical (unpaired) electrons. The number of nitrogens with zero attached hydrogens (tertiary/aromatic N) is 1. The molecule has 1 heterocycles. The summed E-state index contributed by atoms with van der Waals surface area (Å²) in [6, 6.07) is 14.1. The Morgan fingerprint density at radius 2 is 1.90 bits per heavy atom. The molecule has 0 unspecified atom stereocenters. The van der Waals surface area contributed by atoms with Gasteiger partial charge in [0.1, 0.15) is 23.9 Å². The van der Waals surface area contributed by atoms with E-state index in [9.17, 15) is 20.0 Å². The molecule has 1 aromatic heterocycles. The fourth-order valence-electron chi connectivity index (χ4n) is 2.60. The molecule has 0 atom stereocenters. The van der Waals surface area contributed by atoms with E-state index < -0.39 is 10.8 Å². The van der Waals surface area contributed by atoms with Gasteiger partial charge in [-0.3, -0.25) is 14.9 Å². The Hall–Kier alpha value is -3.81. The van der Waals surface area contributed by atoms with Gasteiger partial charge < -0.3 is 19.6 Å². The number of aromatic hydroxyl groups is 1. The second-order valence-corrected chi connectivity index (χ2v) is 6.69. The normalized spacial score (nSPS) is 10.7. The molecule has 8 heteroatoms. The van der Waals surface area contributed by atoms with Crippen molar-refractivity contribution in [3.05, 3.63) is 81.8 Å². The number of carbonyl (C=O) groups excluding carboxylic acids is 1. The zero-order valence-corrected chi connectivity index (χ0v) is 15.9. The number of anilines is 1. The summed E-state index contributed by atoms with van der Waals surface area (Å²) in [6.45, 7) is 4.35. The Bertz CT molecular complexity index is 1020. The number of nitro benzene ring substituents is 1. The molecular weight excluding hydrogens is 376 g/mol. The fraction of sp³-hybridized carbons (Fsp3) is 0.190. The van der Waals surface area contributed by atoms with Gasteiger partial charge in [0.2, 0.25) is 0 Å². The minimum Gasteiger partial charge on any atom is -0.506 e. The van der Waals surface area contributed by atoms with E-state index in [0.29, 0.717) is 17.4 Å². The molecular formula is C21H20N2O6. The molecule has 1 amide bonds. The van der Waals surface area contributed by atoms with Crippen molar-refractivity contribution in [2.45, 2.75) is 26.4 Å². The molecule has 0 spiro atoms. The Balaban J connectivity index is 1.63. The van der Waals surface area contributed by atoms with Crippen LogP contribution in [0.25, 0.3) is 0 Å². The minimum atomic E-state index is -0.645. The lowest BCUT2D eigenvalue weighted by atomic mass is 10.0. The smallest absolute Gasteiger partial charge is 0.291 e. The second kappa shape index (κ2) is 8.47. The monoisotopic (exact) mass is 396 g/mol. The number of nitro groups is 1. The predicted octanol–water partition coefficient (Wildman–Crippen LogP) is 4.85. The van der Waals surface area contributed by atoms with Gasteiger partial charge in [-0.05, 0) is 41.8 Å². The van der Waals surface area contributed by atoms with Gasteiger partial charge in [-0.2, -0.15) is 0 Å². The van der Waals surface area contributed by atoms with E-state index in [1.54, 1.807) is 6.07 Å². The molecule has 3 rings (SSSR count). The van der Waals surface area contributed by atoms with Gasteiger partial charge >= 0.3 is 0 Å². The summed E-state index contributed by atoms with van der Waals surface area (Å²) < 4.78 is 11.1. The zero-order valence-electron chi connectivity index (χ0n) is 15.9. The average molecular weight is 396 g/mol. The predicted molar refractivity (Wildman–Crippen MR) is 106 cm³/mol. The molecule has 29 heavy (non-hydrogen) atoms. The molecule has 150 valence electrons. The van der Waals surface area contributed by atoms with Crippen LogP contribution in [0.15, 0.2) is 59.0 Å². The van der Waals surface area contributed by atoms with Gasteiger partial charge in [-0.1, -0.05) is 26.0 Å². The Labute approximate surface area is 166 Å². The number of benzene rings is 2. The molecule has 3 aromatic rings. The van der Waals surface area contributed by atoms with Crippen LogP contribution in [0.3, 0.4) is 0 Å². The van der Waals surface area contributed by atoms with E-state index in [0.717, 1.165) is 18.2 Å². The maximum absolute atomic E-state index is 12.3. The number of rotatable bonds is 7. The first kappa shape index (κ1) is 19.9. The summed E-state index contributed by atoms with van der Waals surface area (Å²) >= 11 is 0. The van der Waals surface area contributed by atoms with Gasteiger partial charge in [0, 0.05) is 12.1 Å². The maximum atomic E-state index is 12.3. The number of furan rings is 1. The van der Waals surface area contributed by atoms with E-state index in [2.05, 4.69) is 19.2 Å². The van der Waals surface area contributed by atoms with Crippen LogP contribution in [0, 0.1) is 10.1 Å². The number of ether oxygens (including phenoxy) is 1. The lowest BCUT2D eigenvalue weighted by Crippen LogP contribution is -2.11. The number of hydrogen-bond donors (Lipinski definition) is 2. The minimum absolute atomic E-state index is 0.00957. The van der Waals surface area contributed by atoms with Crippen molar-refractivity contribution in [1.82, 2.24) is 0 Å². The third-order valence-corrected chi connectivity index (χ3v) is 4.25. The van der Waals surface area contributed by atoms with Gasteiger partial charge in [-0.25, -0.2) is 0 Å². The highest BCUT2D eigenvalue weighted by Crippen LogP contribution is 2.28. The lowest BCUT2D eigenvalue weighted by molar-refractivity contribution is -0.384. The number of non-ortho nitro benzene ring substituents is 1. The molecule has 2 aromatic carbocycles. The number of phenols is 1. The van der Waals surface area contributed by atoms with Crippen molar-refractivity contribution in [3.8, 4) is 11.5 Å². The van der Waals surface area contributed by atoms with E-state index in [-0.39, 0.29) is 29.5 Å². The fourth-order valence-corrected chi connectivity index (χ4v) is 2.60. The molecule has 0 aliphatic rings. The van der Waals surface area contributed by atoms with Crippen LogP contribution < -0.4 is 10.1 Å². The van der Waals surface area contributed by atoms with Crippen LogP contribution in [0.1, 0.15) is 41.6 Å². The van der Waals surface area contributed by atoms with Crippen LogP contribution in [-0.2, 0) is 6.61 Å². The van der Waals surface area contributed by atoms with Crippen LogP contribution in [0.2, 0.25) is 0 Å². The highest BCUT2D eigenvalue weighted by atomic mass is 16.6. The molecule has 2 N–H and O–H groups in total. The standard InChI is InChI=1S/C21H20N2O6/c1-13(2)14-3-6-16(7-4-14)28-12-17-8-10-20(29-17)21(25)22-18-11-15(23(26)27)5-9-19(18)24/h3-11,13,24H,12H2,1-2H3,(H,22,25). The van der Waals surface area contributed by atoms with Gasteiger partial charge in [0.25, 0.3) is 11.6 Å². The first-order valence-corrected chi connectivity index (χ1v) is 8.93. The molecule has 0 fully saturated rings. The molecule has 8 nitrogen and oxygen atoms in total. The van der Waals surface area contributed by atoms with Crippen molar-refractivity contribution in [2.75, 3.05) is 5.32 Å². The largest absolute Gasteiger partial charge is 0.506 e. The molecule has 0 saturated heterocycles. The summed E-state index contributed by atoms with van der Waals surface area (Å²) in [5, 5.41) is 23.0. The van der Waals surface area contributed by atoms with E-state index >= 15 is 0 Å². The Kier molecular flexibility index (Phi) is 5.82. The number of amides is 1. The van der Waals surface area contributed by atoms with Crippen molar-refractivity contribution in [3.63, 3.8) is 0 Å². The van der Waals surface area contributed by atoms with Gasteiger partial charge in [0.05, 0.1) is 10.6 Å². The highest BCUT2D eigenvalue weighted by Gasteiger charge is 2.16. The first-order chi connectivity index (χ1) is 13.8. The molecule has 0 saturated carbocycles. The quantitative estimate of drug-likeness (QED) is 0.335. The average Bonchev–Trinajstić information content (AvgIpc) is 3.17. The topological polar surface area (TPSA) is 115 Å². The number of phenolic OH excluding ortho intramolecular Hbond substituents is 1. The first-order valence-electron chi connectivity index (χ1n) is 8.93. The Morgan fingerprint density at radius 1 is 1.17 bits per heavy atom. The van der Waals surface area contributed by atoms with E-state index in [4.69, 9.17) is 9.15 Å². The van der Waals surface area contributed by atoms with Crippen molar-refractivity contribution in [2.24, 2.45) is 0 Å². The third-order valence-electron chi connectivity index (χ3n) is 4.25. The lowest BCUT2D eigenvalue weighted by Gasteiger charge is -2.08. The van der Waals surface area contributed by atoms with Crippen molar-refractivity contribution >= 4 is 17.3 Å². The highest BCUT2D eigenvalue weighted by molar-refractivity contribution is 6.03. The van der Waals surface area contributed by atoms with Crippen molar-refractivity contribution in [1.29, 1.82) is 0 Å². The van der Waals surface area contributed by atoms with E-state index in [1.165, 1.54) is 11.6 Å². The van der Waals surface area contributed by atoms with Gasteiger partial charge in [0.15, 0.2) is 5.76 Å². The molecule has 0 bridgehead atoms. The summed E-state index contributed by atoms with van der Waals surface area (Å²) in [4.78, 5) is 22.5.